The van der Waals surface area contributed by atoms with Crippen LogP contribution in [0.3, 0.4) is 0 Å². The molecule has 1 heterocycles. The van der Waals surface area contributed by atoms with Gasteiger partial charge in [0, 0.05) is 13.0 Å². The number of nitrogens with one attached hydrogen (secondary N) is 2. The third kappa shape index (κ3) is 8.04. The molecule has 0 saturated carbocycles. The largest absolute Gasteiger partial charge is 0.508 e. The number of imidazole rings is 1. The fraction of sp³-hybridized carbons (Fsp3) is 0.314. The van der Waals surface area contributed by atoms with Crippen molar-refractivity contribution in [1.82, 2.24) is 20.2 Å². The Hall–Kier alpha value is -5.10. The van der Waals surface area contributed by atoms with Crippen molar-refractivity contribution in [2.45, 2.75) is 72.2 Å². The van der Waals surface area contributed by atoms with E-state index in [2.05, 4.69) is 21.4 Å². The SMILES string of the molecule is Cc1cc(O)cc(C)c1CC(NC(=O)OC(C)(C)C)C(=O)N(Cc1cccc(C#N)c1)C(C)c1ncc(-c2ccccc2)[nH]1. The Kier molecular flexibility index (Phi) is 9.74. The molecular formula is C35H39N5O4. The zero-order valence-corrected chi connectivity index (χ0v) is 26.0. The van der Waals surface area contributed by atoms with Crippen LogP contribution in [-0.2, 0) is 22.5 Å². The van der Waals surface area contributed by atoms with E-state index in [9.17, 15) is 20.0 Å². The highest BCUT2D eigenvalue weighted by molar-refractivity contribution is 5.86. The van der Waals surface area contributed by atoms with Crippen molar-refractivity contribution >= 4 is 12.0 Å². The molecule has 0 bridgehead atoms. The molecule has 0 fully saturated rings. The average molecular weight is 594 g/mol. The number of aromatic hydroxyl groups is 1. The fourth-order valence-corrected chi connectivity index (χ4v) is 5.15. The number of aromatic nitrogens is 2. The van der Waals surface area contributed by atoms with E-state index in [1.165, 1.54) is 0 Å². The number of H-pyrrole nitrogens is 1. The second-order valence-corrected chi connectivity index (χ2v) is 12.0. The first kappa shape index (κ1) is 31.8. The Morgan fingerprint density at radius 1 is 1.07 bits per heavy atom. The van der Waals surface area contributed by atoms with Gasteiger partial charge in [0.05, 0.1) is 29.6 Å². The summed E-state index contributed by atoms with van der Waals surface area (Å²) in [5.41, 5.74) is 4.66. The average Bonchev–Trinajstić information content (AvgIpc) is 3.46. The van der Waals surface area contributed by atoms with Gasteiger partial charge in [-0.3, -0.25) is 4.79 Å². The summed E-state index contributed by atoms with van der Waals surface area (Å²) in [6.07, 6.45) is 1.19. The summed E-state index contributed by atoms with van der Waals surface area (Å²) in [5.74, 6) is 0.350. The summed E-state index contributed by atoms with van der Waals surface area (Å²) in [6, 6.07) is 20.8. The number of nitrogens with zero attached hydrogens (tertiary/aromatic N) is 3. The van der Waals surface area contributed by atoms with E-state index in [1.807, 2.05) is 57.2 Å². The quantitative estimate of drug-likeness (QED) is 0.203. The first-order chi connectivity index (χ1) is 20.8. The van der Waals surface area contributed by atoms with Gasteiger partial charge in [0.1, 0.15) is 23.2 Å². The number of ether oxygens (including phenoxy) is 1. The Labute approximate surface area is 258 Å². The highest BCUT2D eigenvalue weighted by Gasteiger charge is 2.33. The lowest BCUT2D eigenvalue weighted by atomic mass is 9.95. The van der Waals surface area contributed by atoms with Crippen molar-refractivity contribution in [3.63, 3.8) is 0 Å². The molecule has 228 valence electrons. The lowest BCUT2D eigenvalue weighted by molar-refractivity contribution is -0.136. The van der Waals surface area contributed by atoms with Gasteiger partial charge in [-0.25, -0.2) is 9.78 Å². The van der Waals surface area contributed by atoms with Gasteiger partial charge in [-0.05, 0) is 93.6 Å². The van der Waals surface area contributed by atoms with E-state index in [0.717, 1.165) is 33.5 Å². The molecule has 4 rings (SSSR count). The predicted octanol–water partition coefficient (Wildman–Crippen LogP) is 6.50. The van der Waals surface area contributed by atoms with Crippen molar-refractivity contribution in [3.05, 3.63) is 107 Å². The summed E-state index contributed by atoms with van der Waals surface area (Å²) < 4.78 is 5.55. The van der Waals surface area contributed by atoms with Crippen LogP contribution in [-0.4, -0.2) is 43.6 Å². The molecule has 0 saturated heterocycles. The van der Waals surface area contributed by atoms with Crippen LogP contribution in [0.5, 0.6) is 5.75 Å². The van der Waals surface area contributed by atoms with E-state index < -0.39 is 23.8 Å². The summed E-state index contributed by atoms with van der Waals surface area (Å²) in [4.78, 5) is 37.3. The number of carbonyl (C=O) groups excluding carboxylic acids is 2. The summed E-state index contributed by atoms with van der Waals surface area (Å²) in [6.45, 7) is 11.0. The minimum absolute atomic E-state index is 0.131. The van der Waals surface area contributed by atoms with Crippen LogP contribution in [0.25, 0.3) is 11.3 Å². The van der Waals surface area contributed by atoms with Gasteiger partial charge in [0.25, 0.3) is 0 Å². The molecule has 0 aliphatic rings. The summed E-state index contributed by atoms with van der Waals surface area (Å²) in [7, 11) is 0. The Morgan fingerprint density at radius 2 is 1.75 bits per heavy atom. The zero-order valence-electron chi connectivity index (χ0n) is 26.0. The smallest absolute Gasteiger partial charge is 0.408 e. The van der Waals surface area contributed by atoms with Crippen LogP contribution >= 0.6 is 0 Å². The highest BCUT2D eigenvalue weighted by Crippen LogP contribution is 2.27. The molecule has 44 heavy (non-hydrogen) atoms. The van der Waals surface area contributed by atoms with E-state index in [0.29, 0.717) is 11.4 Å². The molecule has 3 aromatic carbocycles. The molecule has 2 unspecified atom stereocenters. The molecule has 4 aromatic rings. The number of hydrogen-bond acceptors (Lipinski definition) is 6. The maximum absolute atomic E-state index is 14.6. The van der Waals surface area contributed by atoms with Gasteiger partial charge in [0.15, 0.2) is 0 Å². The van der Waals surface area contributed by atoms with Gasteiger partial charge < -0.3 is 25.0 Å². The number of phenolic OH excluding ortho intramolecular Hbond substituents is 1. The maximum Gasteiger partial charge on any atom is 0.408 e. The molecule has 9 nitrogen and oxygen atoms in total. The third-order valence-corrected chi connectivity index (χ3v) is 7.31. The molecule has 1 aromatic heterocycles. The minimum atomic E-state index is -1.00. The van der Waals surface area contributed by atoms with Gasteiger partial charge >= 0.3 is 6.09 Å². The second-order valence-electron chi connectivity index (χ2n) is 12.0. The van der Waals surface area contributed by atoms with Gasteiger partial charge in [0.2, 0.25) is 5.91 Å². The van der Waals surface area contributed by atoms with Gasteiger partial charge in [-0.1, -0.05) is 42.5 Å². The number of aromatic amines is 1. The number of hydrogen-bond donors (Lipinski definition) is 3. The normalized spacial score (nSPS) is 12.6. The van der Waals surface area contributed by atoms with Crippen molar-refractivity contribution in [1.29, 1.82) is 5.26 Å². The van der Waals surface area contributed by atoms with Crippen LogP contribution in [0.4, 0.5) is 4.79 Å². The monoisotopic (exact) mass is 593 g/mol. The number of benzene rings is 3. The first-order valence-corrected chi connectivity index (χ1v) is 14.5. The van der Waals surface area contributed by atoms with Crippen LogP contribution in [0.2, 0.25) is 0 Å². The molecule has 0 spiro atoms. The van der Waals surface area contributed by atoms with Crippen LogP contribution in [0, 0.1) is 25.2 Å². The Bertz CT molecular complexity index is 1640. The standard InChI is InChI=1S/C35H39N5O4/c1-22-15-28(41)16-23(2)29(22)18-30(39-34(43)44-35(4,5)6)33(42)40(21-26-12-10-11-25(17-26)19-36)24(3)32-37-20-31(38-32)27-13-8-7-9-14-27/h7-17,20,24,30,41H,18,21H2,1-6H3,(H,37,38)(H,39,43). The molecule has 9 heteroatoms. The van der Waals surface area contributed by atoms with Gasteiger partial charge in [-0.15, -0.1) is 0 Å². The number of phenols is 1. The molecule has 3 N–H and O–H groups in total. The van der Waals surface area contributed by atoms with Crippen molar-refractivity contribution in [2.75, 3.05) is 0 Å². The highest BCUT2D eigenvalue weighted by atomic mass is 16.6. The molecule has 0 radical (unpaired) electrons. The van der Waals surface area contributed by atoms with E-state index in [4.69, 9.17) is 4.74 Å². The molecular weight excluding hydrogens is 554 g/mol. The topological polar surface area (TPSA) is 131 Å². The summed E-state index contributed by atoms with van der Waals surface area (Å²) in [5, 5.41) is 22.4. The lowest BCUT2D eigenvalue weighted by Gasteiger charge is -2.33. The molecule has 0 aliphatic carbocycles. The number of carbonyl (C=O) groups is 2. The molecule has 2 amide bonds. The number of amides is 2. The predicted molar refractivity (Wildman–Crippen MR) is 169 cm³/mol. The first-order valence-electron chi connectivity index (χ1n) is 14.5. The number of alkyl carbamates (subject to hydrolysis) is 1. The van der Waals surface area contributed by atoms with E-state index in [1.54, 1.807) is 62.2 Å². The third-order valence-electron chi connectivity index (χ3n) is 7.31. The number of rotatable bonds is 9. The fourth-order valence-electron chi connectivity index (χ4n) is 5.15. The molecule has 0 aliphatic heterocycles. The maximum atomic E-state index is 14.6. The zero-order chi connectivity index (χ0) is 32.0. The van der Waals surface area contributed by atoms with Crippen molar-refractivity contribution in [2.24, 2.45) is 0 Å². The van der Waals surface area contributed by atoms with Crippen LogP contribution < -0.4 is 5.32 Å². The molecule has 2 atom stereocenters. The van der Waals surface area contributed by atoms with E-state index >= 15 is 0 Å². The van der Waals surface area contributed by atoms with Gasteiger partial charge in [-0.2, -0.15) is 5.26 Å². The Balaban J connectivity index is 1.75. The lowest BCUT2D eigenvalue weighted by Crippen LogP contribution is -2.51. The van der Waals surface area contributed by atoms with Crippen molar-refractivity contribution < 1.29 is 19.4 Å². The number of nitriles is 1. The second kappa shape index (κ2) is 13.5. The number of aryl methyl sites for hydroxylation is 2. The van der Waals surface area contributed by atoms with Crippen LogP contribution in [0.15, 0.2) is 72.9 Å². The Morgan fingerprint density at radius 3 is 2.39 bits per heavy atom. The van der Waals surface area contributed by atoms with Crippen LogP contribution in [0.1, 0.15) is 67.4 Å². The van der Waals surface area contributed by atoms with E-state index in [-0.39, 0.29) is 24.6 Å². The summed E-state index contributed by atoms with van der Waals surface area (Å²) >= 11 is 0. The van der Waals surface area contributed by atoms with Crippen molar-refractivity contribution in [3.8, 4) is 23.1 Å². The minimum Gasteiger partial charge on any atom is -0.508 e.